The van der Waals surface area contributed by atoms with Gasteiger partial charge in [-0.3, -0.25) is 9.69 Å². The number of nitrogens with one attached hydrogen (secondary N) is 1. The number of likely N-dealkylation sites (tertiary alicyclic amines) is 1. The molecule has 0 bridgehead atoms. The van der Waals surface area contributed by atoms with Crippen LogP contribution in [0.15, 0.2) is 24.3 Å². The molecule has 35 heavy (non-hydrogen) atoms. The second-order valence-corrected chi connectivity index (χ2v) is 11.2. The van der Waals surface area contributed by atoms with Crippen molar-refractivity contribution in [3.05, 3.63) is 29.8 Å². The molecule has 3 fully saturated rings. The molecule has 1 amide bonds. The highest BCUT2D eigenvalue weighted by atomic mass is 32.1. The molecule has 8 nitrogen and oxygen atoms in total. The molecule has 186 valence electrons. The molecule has 0 spiro atoms. The van der Waals surface area contributed by atoms with Crippen LogP contribution in [0.2, 0.25) is 0 Å². The minimum absolute atomic E-state index is 0.287. The third-order valence-electron chi connectivity index (χ3n) is 7.64. The minimum Gasteiger partial charge on any atom is -0.365 e. The fourth-order valence-corrected chi connectivity index (χ4v) is 6.56. The molecule has 6 rings (SSSR count). The van der Waals surface area contributed by atoms with E-state index in [1.165, 1.54) is 31.2 Å². The van der Waals surface area contributed by atoms with Crippen molar-refractivity contribution in [3.8, 4) is 11.3 Å². The fourth-order valence-electron chi connectivity index (χ4n) is 5.61. The lowest BCUT2D eigenvalue weighted by Crippen LogP contribution is -2.49. The second kappa shape index (κ2) is 9.78. The molecule has 0 unspecified atom stereocenters. The largest absolute Gasteiger partial charge is 0.365 e. The SMILES string of the molecule is Cc1cccc(-c2nc3sc(N4CCN(CC(=O)N5CCCC5)CC4)nn3c2NC2CCCC2)c1. The van der Waals surface area contributed by atoms with Crippen LogP contribution in [-0.4, -0.2) is 82.2 Å². The predicted octanol–water partition coefficient (Wildman–Crippen LogP) is 3.87. The van der Waals surface area contributed by atoms with Gasteiger partial charge in [-0.1, -0.05) is 47.9 Å². The Kier molecular flexibility index (Phi) is 6.37. The highest BCUT2D eigenvalue weighted by Crippen LogP contribution is 2.35. The van der Waals surface area contributed by atoms with Crippen LogP contribution in [0.1, 0.15) is 44.1 Å². The summed E-state index contributed by atoms with van der Waals surface area (Å²) in [6.45, 7) is 8.09. The molecule has 0 atom stereocenters. The predicted molar refractivity (Wildman–Crippen MR) is 141 cm³/mol. The number of nitrogens with zero attached hydrogens (tertiary/aromatic N) is 6. The number of carbonyl (C=O) groups is 1. The van der Waals surface area contributed by atoms with Crippen molar-refractivity contribution < 1.29 is 4.79 Å². The van der Waals surface area contributed by atoms with E-state index < -0.39 is 0 Å². The Balaban J connectivity index is 1.20. The highest BCUT2D eigenvalue weighted by Gasteiger charge is 2.27. The number of benzene rings is 1. The summed E-state index contributed by atoms with van der Waals surface area (Å²) in [6, 6.07) is 9.06. The molecule has 2 aliphatic heterocycles. The van der Waals surface area contributed by atoms with Gasteiger partial charge in [0.05, 0.1) is 6.54 Å². The number of amides is 1. The van der Waals surface area contributed by atoms with Crippen molar-refractivity contribution in [3.63, 3.8) is 0 Å². The molecule has 3 aromatic rings. The Morgan fingerprint density at radius 3 is 2.57 bits per heavy atom. The standard InChI is InChI=1S/C26H35N7OS/c1-19-7-6-8-20(17-19)23-24(27-21-9-2-3-10-21)33-25(28-23)35-26(29-33)32-15-13-30(14-16-32)18-22(34)31-11-4-5-12-31/h6-8,17,21,27H,2-5,9-16,18H2,1H3. The quantitative estimate of drug-likeness (QED) is 0.562. The van der Waals surface area contributed by atoms with E-state index in [2.05, 4.69) is 46.3 Å². The van der Waals surface area contributed by atoms with E-state index in [1.54, 1.807) is 11.3 Å². The minimum atomic E-state index is 0.287. The normalized spacial score (nSPS) is 19.8. The van der Waals surface area contributed by atoms with Gasteiger partial charge in [0.25, 0.3) is 0 Å². The van der Waals surface area contributed by atoms with Crippen LogP contribution in [0.4, 0.5) is 10.9 Å². The van der Waals surface area contributed by atoms with Gasteiger partial charge in [0, 0.05) is 50.9 Å². The van der Waals surface area contributed by atoms with Gasteiger partial charge in [0.15, 0.2) is 5.82 Å². The average molecular weight is 494 g/mol. The average Bonchev–Trinajstić information content (AvgIpc) is 3.66. The van der Waals surface area contributed by atoms with Crippen molar-refractivity contribution in [1.29, 1.82) is 0 Å². The molecule has 3 aliphatic rings. The van der Waals surface area contributed by atoms with Crippen LogP contribution in [0.5, 0.6) is 0 Å². The van der Waals surface area contributed by atoms with Crippen molar-refractivity contribution in [2.75, 3.05) is 56.0 Å². The maximum atomic E-state index is 12.5. The number of hydrogen-bond donors (Lipinski definition) is 1. The summed E-state index contributed by atoms with van der Waals surface area (Å²) in [6.07, 6.45) is 7.27. The van der Waals surface area contributed by atoms with Gasteiger partial charge in [-0.2, -0.15) is 4.52 Å². The van der Waals surface area contributed by atoms with Gasteiger partial charge in [0.2, 0.25) is 16.0 Å². The molecule has 1 N–H and O–H groups in total. The fraction of sp³-hybridized carbons (Fsp3) is 0.577. The summed E-state index contributed by atoms with van der Waals surface area (Å²) in [5.74, 6) is 1.31. The van der Waals surface area contributed by atoms with E-state index in [4.69, 9.17) is 10.1 Å². The van der Waals surface area contributed by atoms with Crippen molar-refractivity contribution in [2.45, 2.75) is 51.5 Å². The monoisotopic (exact) mass is 493 g/mol. The van der Waals surface area contributed by atoms with E-state index in [-0.39, 0.29) is 5.91 Å². The highest BCUT2D eigenvalue weighted by molar-refractivity contribution is 7.20. The number of piperazine rings is 1. The topological polar surface area (TPSA) is 69.0 Å². The van der Waals surface area contributed by atoms with Crippen LogP contribution in [0.3, 0.4) is 0 Å². The Labute approximate surface area is 210 Å². The van der Waals surface area contributed by atoms with Crippen molar-refractivity contribution in [2.24, 2.45) is 0 Å². The number of carbonyl (C=O) groups excluding carboxylic acids is 1. The zero-order valence-corrected chi connectivity index (χ0v) is 21.4. The number of anilines is 2. The van der Waals surface area contributed by atoms with E-state index in [0.29, 0.717) is 12.6 Å². The molecule has 2 saturated heterocycles. The Morgan fingerprint density at radius 2 is 1.83 bits per heavy atom. The summed E-state index contributed by atoms with van der Waals surface area (Å²) in [7, 11) is 0. The van der Waals surface area contributed by atoms with Crippen molar-refractivity contribution in [1.82, 2.24) is 24.4 Å². The first-order valence-corrected chi connectivity index (χ1v) is 13.9. The number of rotatable bonds is 6. The summed E-state index contributed by atoms with van der Waals surface area (Å²) in [4.78, 5) is 25.2. The molecule has 4 heterocycles. The molecular weight excluding hydrogens is 458 g/mol. The second-order valence-electron chi connectivity index (χ2n) is 10.2. The lowest BCUT2D eigenvalue weighted by molar-refractivity contribution is -0.131. The van der Waals surface area contributed by atoms with Crippen LogP contribution in [0, 0.1) is 6.92 Å². The summed E-state index contributed by atoms with van der Waals surface area (Å²) in [5.41, 5.74) is 3.37. The van der Waals surface area contributed by atoms with Crippen LogP contribution < -0.4 is 10.2 Å². The van der Waals surface area contributed by atoms with Gasteiger partial charge >= 0.3 is 0 Å². The number of fused-ring (bicyclic) bond motifs is 1. The van der Waals surface area contributed by atoms with Gasteiger partial charge in [0.1, 0.15) is 5.69 Å². The smallest absolute Gasteiger partial charge is 0.236 e. The zero-order chi connectivity index (χ0) is 23.8. The third-order valence-corrected chi connectivity index (χ3v) is 8.61. The van der Waals surface area contributed by atoms with Gasteiger partial charge < -0.3 is 15.1 Å². The van der Waals surface area contributed by atoms with Crippen LogP contribution >= 0.6 is 11.3 Å². The zero-order valence-electron chi connectivity index (χ0n) is 20.6. The van der Waals surface area contributed by atoms with Gasteiger partial charge in [-0.25, -0.2) is 4.98 Å². The number of hydrogen-bond acceptors (Lipinski definition) is 7. The molecule has 9 heteroatoms. The summed E-state index contributed by atoms with van der Waals surface area (Å²) in [5, 5.41) is 9.85. The molecule has 1 aliphatic carbocycles. The first kappa shape index (κ1) is 22.8. The summed E-state index contributed by atoms with van der Waals surface area (Å²) < 4.78 is 2.03. The van der Waals surface area contributed by atoms with Gasteiger partial charge in [-0.15, -0.1) is 5.10 Å². The maximum absolute atomic E-state index is 12.5. The first-order valence-electron chi connectivity index (χ1n) is 13.1. The molecule has 1 saturated carbocycles. The van der Waals surface area contributed by atoms with E-state index in [1.807, 2.05) is 9.42 Å². The Hall–Kier alpha value is -2.65. The van der Waals surface area contributed by atoms with Gasteiger partial charge in [-0.05, 0) is 38.7 Å². The number of imidazole rings is 1. The lowest BCUT2D eigenvalue weighted by Gasteiger charge is -2.34. The van der Waals surface area contributed by atoms with Crippen molar-refractivity contribution >= 4 is 33.2 Å². The van der Waals surface area contributed by atoms with E-state index in [0.717, 1.165) is 79.3 Å². The third kappa shape index (κ3) is 4.76. The molecular formula is C26H35N7OS. The maximum Gasteiger partial charge on any atom is 0.236 e. The van der Waals surface area contributed by atoms with Crippen LogP contribution in [-0.2, 0) is 4.79 Å². The molecule has 2 aromatic heterocycles. The first-order chi connectivity index (χ1) is 17.1. The Bertz CT molecular complexity index is 1180. The lowest BCUT2D eigenvalue weighted by atomic mass is 10.1. The number of aromatic nitrogens is 3. The molecule has 0 radical (unpaired) electrons. The summed E-state index contributed by atoms with van der Waals surface area (Å²) >= 11 is 1.66. The molecule has 1 aromatic carbocycles. The van der Waals surface area contributed by atoms with Crippen LogP contribution in [0.25, 0.3) is 16.2 Å². The van der Waals surface area contributed by atoms with E-state index in [9.17, 15) is 4.79 Å². The van der Waals surface area contributed by atoms with E-state index >= 15 is 0 Å². The number of aryl methyl sites for hydroxylation is 1. The Morgan fingerprint density at radius 1 is 1.06 bits per heavy atom.